The Balaban J connectivity index is 3.98. The molecule has 306 valence electrons. The van der Waals surface area contributed by atoms with E-state index in [2.05, 4.69) is 67.8 Å². The molecule has 0 aliphatic carbocycles. The van der Waals surface area contributed by atoms with Crippen molar-refractivity contribution in [3.63, 3.8) is 0 Å². The molecule has 4 N–H and O–H groups in total. The highest BCUT2D eigenvalue weighted by Crippen LogP contribution is 2.43. The highest BCUT2D eigenvalue weighted by molar-refractivity contribution is 7.47. The summed E-state index contributed by atoms with van der Waals surface area (Å²) in [4.78, 5) is 45.7. The first-order valence-corrected chi connectivity index (χ1v) is 21.7. The molecule has 0 aromatic heterocycles. The number of aliphatic hydroxyl groups excluding tert-OH is 1. The van der Waals surface area contributed by atoms with Gasteiger partial charge in [0, 0.05) is 12.8 Å². The van der Waals surface area contributed by atoms with E-state index in [0.29, 0.717) is 12.8 Å². The third-order valence-electron chi connectivity index (χ3n) is 8.35. The summed E-state index contributed by atoms with van der Waals surface area (Å²) >= 11 is 0. The van der Waals surface area contributed by atoms with Gasteiger partial charge in [0.05, 0.1) is 13.2 Å². The average Bonchev–Trinajstić information content (AvgIpc) is 3.13. The number of aliphatic carboxylic acids is 1. The standard InChI is InChI=1S/C41H72NO10P/c1-3-5-7-9-11-13-15-17-18-19-21-23-25-27-29-31-33-40(45)50-34-37(43)35-51-53(48,49)52-36-38(41(46)47)42-39(44)32-30-28-26-24-22-20-16-14-12-10-8-6-4-2/h6,8,12,14,18-20,22,37-38,43H,3-5,7,9-11,13,15-17,21,23-36H2,1-2H3,(H,42,44)(H,46,47)(H,48,49)/b8-6-,14-12-,19-18-,22-20-. The van der Waals surface area contributed by atoms with Gasteiger partial charge in [-0.2, -0.15) is 0 Å². The number of phosphoric ester groups is 1. The summed E-state index contributed by atoms with van der Waals surface area (Å²) in [6.45, 7) is 2.42. The summed E-state index contributed by atoms with van der Waals surface area (Å²) in [5.74, 6) is -2.43. The van der Waals surface area contributed by atoms with Crippen molar-refractivity contribution in [1.29, 1.82) is 0 Å². The molecule has 0 rings (SSSR count). The molecular formula is C41H72NO10P. The largest absolute Gasteiger partial charge is 0.480 e. The zero-order valence-corrected chi connectivity index (χ0v) is 33.7. The minimum Gasteiger partial charge on any atom is -0.480 e. The topological polar surface area (TPSA) is 169 Å². The Hall–Kier alpha value is -2.56. The lowest BCUT2D eigenvalue weighted by Gasteiger charge is -2.18. The van der Waals surface area contributed by atoms with Crippen LogP contribution in [0.2, 0.25) is 0 Å². The predicted octanol–water partition coefficient (Wildman–Crippen LogP) is 9.83. The Bertz CT molecular complexity index is 1090. The molecule has 0 fully saturated rings. The van der Waals surface area contributed by atoms with E-state index in [1.807, 2.05) is 0 Å². The first-order valence-electron chi connectivity index (χ1n) is 20.2. The van der Waals surface area contributed by atoms with Gasteiger partial charge in [-0.1, -0.05) is 127 Å². The number of unbranched alkanes of at least 4 members (excludes halogenated alkanes) is 15. The van der Waals surface area contributed by atoms with Gasteiger partial charge in [0.2, 0.25) is 5.91 Å². The minimum atomic E-state index is -4.76. The number of ether oxygens (including phenoxy) is 1. The molecule has 0 heterocycles. The van der Waals surface area contributed by atoms with Crippen LogP contribution in [0.3, 0.4) is 0 Å². The Morgan fingerprint density at radius 3 is 1.68 bits per heavy atom. The quantitative estimate of drug-likeness (QED) is 0.0207. The second kappa shape index (κ2) is 36.4. The molecule has 0 saturated heterocycles. The maximum absolute atomic E-state index is 12.2. The van der Waals surface area contributed by atoms with Crippen LogP contribution < -0.4 is 5.32 Å². The molecule has 11 nitrogen and oxygen atoms in total. The zero-order chi connectivity index (χ0) is 39.3. The SMILES string of the molecule is CC/C=C\C/C=C\C/C=C\CCCCCC(=O)NC(COP(=O)(O)OCC(O)COC(=O)CCCCCCC/C=C\CCCCCCCCC)C(=O)O. The Kier molecular flexibility index (Phi) is 34.7. The number of esters is 1. The van der Waals surface area contributed by atoms with E-state index in [1.165, 1.54) is 44.9 Å². The number of hydrogen-bond acceptors (Lipinski definition) is 8. The zero-order valence-electron chi connectivity index (χ0n) is 32.8. The van der Waals surface area contributed by atoms with Crippen LogP contribution in [-0.4, -0.2) is 64.9 Å². The summed E-state index contributed by atoms with van der Waals surface area (Å²) in [5.41, 5.74) is 0. The molecule has 0 spiro atoms. The normalized spacial score (nSPS) is 14.3. The molecular weight excluding hydrogens is 697 g/mol. The van der Waals surface area contributed by atoms with Crippen molar-refractivity contribution in [1.82, 2.24) is 5.32 Å². The fourth-order valence-corrected chi connectivity index (χ4v) is 5.98. The maximum atomic E-state index is 12.2. The first-order chi connectivity index (χ1) is 25.6. The van der Waals surface area contributed by atoms with Gasteiger partial charge in [0.15, 0.2) is 6.04 Å². The van der Waals surface area contributed by atoms with Crippen molar-refractivity contribution in [3.05, 3.63) is 48.6 Å². The van der Waals surface area contributed by atoms with E-state index in [9.17, 15) is 34.1 Å². The van der Waals surface area contributed by atoms with Gasteiger partial charge in [-0.3, -0.25) is 18.6 Å². The van der Waals surface area contributed by atoms with E-state index >= 15 is 0 Å². The van der Waals surface area contributed by atoms with Crippen molar-refractivity contribution in [3.8, 4) is 0 Å². The van der Waals surface area contributed by atoms with Gasteiger partial charge >= 0.3 is 19.8 Å². The second-order valence-electron chi connectivity index (χ2n) is 13.4. The van der Waals surface area contributed by atoms with Crippen molar-refractivity contribution in [2.24, 2.45) is 0 Å². The smallest absolute Gasteiger partial charge is 0.472 e. The third kappa shape index (κ3) is 36.2. The Morgan fingerprint density at radius 1 is 0.623 bits per heavy atom. The summed E-state index contributed by atoms with van der Waals surface area (Å²) in [6.07, 6.45) is 38.6. The highest BCUT2D eigenvalue weighted by atomic mass is 31.2. The predicted molar refractivity (Wildman–Crippen MR) is 212 cm³/mol. The number of carboxylic acids is 1. The molecule has 0 aliphatic rings. The molecule has 0 aromatic carbocycles. The molecule has 0 bridgehead atoms. The number of rotatable bonds is 37. The van der Waals surface area contributed by atoms with Gasteiger partial charge in [-0.05, 0) is 70.6 Å². The number of carboxylic acid groups (broad SMARTS) is 1. The fraction of sp³-hybridized carbons (Fsp3) is 0.732. The number of hydrogen-bond donors (Lipinski definition) is 4. The summed E-state index contributed by atoms with van der Waals surface area (Å²) in [5, 5.41) is 21.7. The van der Waals surface area contributed by atoms with Crippen molar-refractivity contribution in [2.45, 2.75) is 174 Å². The lowest BCUT2D eigenvalue weighted by Crippen LogP contribution is -2.43. The lowest BCUT2D eigenvalue weighted by molar-refractivity contribution is -0.147. The number of amides is 1. The number of carbonyl (C=O) groups excluding carboxylic acids is 2. The van der Waals surface area contributed by atoms with E-state index in [0.717, 1.165) is 77.0 Å². The van der Waals surface area contributed by atoms with Crippen LogP contribution in [0.4, 0.5) is 0 Å². The van der Waals surface area contributed by atoms with Crippen molar-refractivity contribution < 1.29 is 47.8 Å². The van der Waals surface area contributed by atoms with Crippen molar-refractivity contribution >= 4 is 25.7 Å². The van der Waals surface area contributed by atoms with Crippen LogP contribution in [-0.2, 0) is 32.7 Å². The molecule has 0 saturated carbocycles. The molecule has 3 atom stereocenters. The van der Waals surface area contributed by atoms with Gasteiger partial charge in [0.1, 0.15) is 12.7 Å². The van der Waals surface area contributed by atoms with E-state index in [4.69, 9.17) is 13.8 Å². The van der Waals surface area contributed by atoms with Gasteiger partial charge in [0.25, 0.3) is 0 Å². The van der Waals surface area contributed by atoms with Crippen LogP contribution in [0.5, 0.6) is 0 Å². The van der Waals surface area contributed by atoms with Crippen LogP contribution >= 0.6 is 7.82 Å². The van der Waals surface area contributed by atoms with E-state index < -0.39 is 57.6 Å². The molecule has 0 aromatic rings. The van der Waals surface area contributed by atoms with Crippen LogP contribution in [0, 0.1) is 0 Å². The molecule has 12 heteroatoms. The number of nitrogens with one attached hydrogen (secondary N) is 1. The first kappa shape index (κ1) is 50.4. The minimum absolute atomic E-state index is 0.108. The molecule has 53 heavy (non-hydrogen) atoms. The van der Waals surface area contributed by atoms with Gasteiger partial charge in [-0.15, -0.1) is 0 Å². The lowest BCUT2D eigenvalue weighted by atomic mass is 10.1. The number of carbonyl (C=O) groups is 3. The van der Waals surface area contributed by atoms with Crippen LogP contribution in [0.15, 0.2) is 48.6 Å². The number of allylic oxidation sites excluding steroid dienone is 8. The number of aliphatic hydroxyl groups is 1. The van der Waals surface area contributed by atoms with Gasteiger partial charge in [-0.25, -0.2) is 9.36 Å². The average molecular weight is 770 g/mol. The highest BCUT2D eigenvalue weighted by Gasteiger charge is 2.28. The molecule has 3 unspecified atom stereocenters. The van der Waals surface area contributed by atoms with Gasteiger partial charge < -0.3 is 25.2 Å². The summed E-state index contributed by atoms with van der Waals surface area (Å²) in [6, 6.07) is -1.56. The summed E-state index contributed by atoms with van der Waals surface area (Å²) in [7, 11) is -4.76. The summed E-state index contributed by atoms with van der Waals surface area (Å²) < 4.78 is 26.7. The number of phosphoric acid groups is 1. The monoisotopic (exact) mass is 769 g/mol. The Labute approximate surface area is 320 Å². The Morgan fingerprint density at radius 2 is 1.09 bits per heavy atom. The third-order valence-corrected chi connectivity index (χ3v) is 9.30. The molecule has 0 aliphatic heterocycles. The van der Waals surface area contributed by atoms with E-state index in [-0.39, 0.29) is 12.8 Å². The van der Waals surface area contributed by atoms with Crippen LogP contribution in [0.1, 0.15) is 162 Å². The molecule has 0 radical (unpaired) electrons. The molecule has 1 amide bonds. The van der Waals surface area contributed by atoms with Crippen molar-refractivity contribution in [2.75, 3.05) is 19.8 Å². The maximum Gasteiger partial charge on any atom is 0.472 e. The fourth-order valence-electron chi connectivity index (χ4n) is 5.20. The second-order valence-corrected chi connectivity index (χ2v) is 14.9. The van der Waals surface area contributed by atoms with E-state index in [1.54, 1.807) is 0 Å². The van der Waals surface area contributed by atoms with Crippen LogP contribution in [0.25, 0.3) is 0 Å².